The first-order valence-corrected chi connectivity index (χ1v) is 25.7. The number of amides is 3. The van der Waals surface area contributed by atoms with Gasteiger partial charge in [0.05, 0.1) is 48.4 Å². The zero-order valence-electron chi connectivity index (χ0n) is 42.5. The molecule has 4 heterocycles. The number of nitro benzene ring substituents is 1. The van der Waals surface area contributed by atoms with Crippen molar-refractivity contribution in [2.45, 2.75) is 42.8 Å². The van der Waals surface area contributed by atoms with Crippen LogP contribution < -0.4 is 15.1 Å². The molecule has 16 heteroatoms. The molecule has 6 unspecified atom stereocenters. The standard InChI is InChI=1S/C62H54N6O10/c1-64(39-42-12-5-2-6-13-42)33-11-14-41-21-32-52-51(38-41)62(60(72)66(52)61(73)77-40-43-19-26-49(27-20-43)68(74)75)53(58(70)63-47-24-28-48(29-25-47)65-34-36-76-37-35-65)55-59(71)78-56(45-17-9-4-10-18-45)54(44-15-7-3-8-16-44)67(55)57(62)46-22-30-50(69)31-23-46/h2-10,12-13,15-32,38,53-57,69H,33-37,39-40H2,1H3,(H,63,70). The van der Waals surface area contributed by atoms with E-state index in [1.807, 2.05) is 115 Å². The van der Waals surface area contributed by atoms with E-state index in [-0.39, 0.29) is 29.3 Å². The number of carbonyl (C=O) groups is 4. The molecule has 6 atom stereocenters. The monoisotopic (exact) mass is 1040 g/mol. The van der Waals surface area contributed by atoms with Gasteiger partial charge in [-0.2, -0.15) is 0 Å². The maximum Gasteiger partial charge on any atom is 0.421 e. The van der Waals surface area contributed by atoms with E-state index >= 15 is 14.4 Å². The van der Waals surface area contributed by atoms with Crippen LogP contribution in [0.25, 0.3) is 0 Å². The number of nitrogens with zero attached hydrogens (tertiary/aromatic N) is 5. The number of fused-ring (bicyclic) bond motifs is 3. The largest absolute Gasteiger partial charge is 0.508 e. The molecule has 392 valence electrons. The van der Waals surface area contributed by atoms with E-state index in [0.717, 1.165) is 16.2 Å². The van der Waals surface area contributed by atoms with Crippen molar-refractivity contribution in [2.75, 3.05) is 55.0 Å². The van der Waals surface area contributed by atoms with Crippen LogP contribution in [0.5, 0.6) is 5.75 Å². The highest BCUT2D eigenvalue weighted by molar-refractivity contribution is 6.24. The molecule has 4 aliphatic heterocycles. The Morgan fingerprint density at radius 3 is 2.10 bits per heavy atom. The number of cyclic esters (lactones) is 1. The van der Waals surface area contributed by atoms with E-state index in [2.05, 4.69) is 27.0 Å². The van der Waals surface area contributed by atoms with Crippen LogP contribution in [0.15, 0.2) is 182 Å². The van der Waals surface area contributed by atoms with E-state index in [9.17, 15) is 20.0 Å². The Morgan fingerprint density at radius 1 is 0.782 bits per heavy atom. The molecule has 3 saturated heterocycles. The van der Waals surface area contributed by atoms with E-state index < -0.39 is 64.4 Å². The van der Waals surface area contributed by atoms with Gasteiger partial charge in [0.25, 0.3) is 5.69 Å². The maximum absolute atomic E-state index is 16.7. The molecule has 78 heavy (non-hydrogen) atoms. The third-order valence-corrected chi connectivity index (χ3v) is 15.0. The van der Waals surface area contributed by atoms with Crippen LogP contribution in [-0.2, 0) is 47.2 Å². The molecule has 0 bridgehead atoms. The molecule has 3 amide bonds. The molecule has 7 aromatic carbocycles. The summed E-state index contributed by atoms with van der Waals surface area (Å²) in [6.45, 7) is 3.15. The summed E-state index contributed by atoms with van der Waals surface area (Å²) in [4.78, 5) is 81.4. The van der Waals surface area contributed by atoms with Gasteiger partial charge in [-0.15, -0.1) is 0 Å². The number of esters is 1. The maximum atomic E-state index is 16.7. The molecular formula is C62H54N6O10. The highest BCUT2D eigenvalue weighted by Crippen LogP contribution is 2.66. The number of nitrogens with one attached hydrogen (secondary N) is 1. The number of ether oxygens (including phenoxy) is 3. The van der Waals surface area contributed by atoms with Crippen molar-refractivity contribution < 1.29 is 43.4 Å². The summed E-state index contributed by atoms with van der Waals surface area (Å²) in [6.07, 6.45) is -2.05. The summed E-state index contributed by atoms with van der Waals surface area (Å²) in [7, 11) is 1.96. The molecule has 0 aromatic heterocycles. The van der Waals surface area contributed by atoms with Gasteiger partial charge in [0, 0.05) is 48.7 Å². The van der Waals surface area contributed by atoms with E-state index in [1.54, 1.807) is 42.5 Å². The van der Waals surface area contributed by atoms with Crippen molar-refractivity contribution in [1.82, 2.24) is 9.80 Å². The first-order valence-electron chi connectivity index (χ1n) is 25.7. The van der Waals surface area contributed by atoms with Crippen LogP contribution in [0, 0.1) is 27.9 Å². The van der Waals surface area contributed by atoms with E-state index in [0.29, 0.717) is 72.9 Å². The number of morpholine rings is 2. The summed E-state index contributed by atoms with van der Waals surface area (Å²) in [5.41, 5.74) is 3.16. The molecule has 4 aliphatic rings. The van der Waals surface area contributed by atoms with Crippen molar-refractivity contribution in [3.05, 3.63) is 231 Å². The molecule has 16 nitrogen and oxygen atoms in total. The van der Waals surface area contributed by atoms with Crippen LogP contribution in [0.1, 0.15) is 57.1 Å². The van der Waals surface area contributed by atoms with Gasteiger partial charge in [-0.1, -0.05) is 115 Å². The molecule has 11 rings (SSSR count). The first-order chi connectivity index (χ1) is 38.0. The van der Waals surface area contributed by atoms with Crippen LogP contribution >= 0.6 is 0 Å². The summed E-state index contributed by atoms with van der Waals surface area (Å²) in [5.74, 6) is 2.55. The van der Waals surface area contributed by atoms with Crippen molar-refractivity contribution >= 4 is 46.6 Å². The average Bonchev–Trinajstić information content (AvgIpc) is 4.06. The summed E-state index contributed by atoms with van der Waals surface area (Å²) in [6, 6.07) is 49.3. The van der Waals surface area contributed by atoms with Gasteiger partial charge < -0.3 is 29.5 Å². The number of benzene rings is 7. The third kappa shape index (κ3) is 9.71. The van der Waals surface area contributed by atoms with Crippen molar-refractivity contribution in [3.8, 4) is 17.6 Å². The Labute approximate surface area is 450 Å². The molecular weight excluding hydrogens is 989 g/mol. The predicted molar refractivity (Wildman–Crippen MR) is 291 cm³/mol. The Morgan fingerprint density at radius 2 is 1.44 bits per heavy atom. The predicted octanol–water partition coefficient (Wildman–Crippen LogP) is 9.26. The second kappa shape index (κ2) is 21.8. The van der Waals surface area contributed by atoms with Gasteiger partial charge >= 0.3 is 12.1 Å². The molecule has 0 radical (unpaired) electrons. The third-order valence-electron chi connectivity index (χ3n) is 15.0. The molecule has 0 saturated carbocycles. The highest BCUT2D eigenvalue weighted by atomic mass is 16.6. The van der Waals surface area contributed by atoms with Gasteiger partial charge in [0.2, 0.25) is 11.8 Å². The Bertz CT molecular complexity index is 3420. The lowest BCUT2D eigenvalue weighted by Crippen LogP contribution is -2.54. The van der Waals surface area contributed by atoms with Gasteiger partial charge in [-0.3, -0.25) is 34.3 Å². The number of imide groups is 1. The lowest BCUT2D eigenvalue weighted by atomic mass is 9.65. The van der Waals surface area contributed by atoms with Gasteiger partial charge in [-0.05, 0) is 107 Å². The number of nitro groups is 1. The van der Waals surface area contributed by atoms with Crippen LogP contribution in [-0.4, -0.2) is 89.6 Å². The fraction of sp³-hybridized carbons (Fsp3) is 0.226. The van der Waals surface area contributed by atoms with E-state index in [4.69, 9.17) is 14.2 Å². The van der Waals surface area contributed by atoms with Crippen LogP contribution in [0.2, 0.25) is 0 Å². The number of hydrogen-bond acceptors (Lipinski definition) is 13. The topological polar surface area (TPSA) is 184 Å². The van der Waals surface area contributed by atoms with Gasteiger partial charge in [-0.25, -0.2) is 9.69 Å². The zero-order chi connectivity index (χ0) is 53.9. The minimum Gasteiger partial charge on any atom is -0.508 e. The first kappa shape index (κ1) is 51.0. The fourth-order valence-corrected chi connectivity index (χ4v) is 11.6. The van der Waals surface area contributed by atoms with Crippen LogP contribution in [0.4, 0.5) is 27.5 Å². The Kier molecular flexibility index (Phi) is 14.3. The number of anilines is 3. The Balaban J connectivity index is 1.11. The highest BCUT2D eigenvalue weighted by Gasteiger charge is 2.76. The molecule has 1 spiro atoms. The SMILES string of the molecule is CN(CC#Cc1ccc2c(c1)C1(C(=O)N2C(=O)OCc2ccc([N+](=O)[O-])cc2)C(C(=O)Nc2ccc(N3CCOCC3)cc2)C2C(=O)OC(c3ccccc3)C(c3ccccc3)N2C1c1ccc(O)cc1)Cc1ccccc1. The number of hydrogen-bond donors (Lipinski definition) is 2. The quantitative estimate of drug-likeness (QED) is 0.0511. The number of aromatic hydroxyl groups is 1. The Hall–Kier alpha value is -9.14. The average molecular weight is 1040 g/mol. The minimum atomic E-state index is -2.14. The van der Waals surface area contributed by atoms with Gasteiger partial charge in [0.1, 0.15) is 29.9 Å². The molecule has 2 N–H and O–H groups in total. The number of non-ortho nitro benzene ring substituents is 1. The van der Waals surface area contributed by atoms with Crippen molar-refractivity contribution in [3.63, 3.8) is 0 Å². The fourth-order valence-electron chi connectivity index (χ4n) is 11.6. The number of rotatable bonds is 12. The van der Waals surface area contributed by atoms with Crippen LogP contribution in [0.3, 0.4) is 0 Å². The molecule has 0 aliphatic carbocycles. The smallest absolute Gasteiger partial charge is 0.421 e. The van der Waals surface area contributed by atoms with Crippen molar-refractivity contribution in [2.24, 2.45) is 5.92 Å². The second-order valence-corrected chi connectivity index (χ2v) is 19.8. The minimum absolute atomic E-state index is 0.0682. The van der Waals surface area contributed by atoms with E-state index in [1.165, 1.54) is 36.4 Å². The normalized spacial score (nSPS) is 21.5. The van der Waals surface area contributed by atoms with Gasteiger partial charge in [0.15, 0.2) is 0 Å². The lowest BCUT2D eigenvalue weighted by molar-refractivity contribution is -0.384. The summed E-state index contributed by atoms with van der Waals surface area (Å²) < 4.78 is 18.1. The number of carbonyl (C=O) groups excluding carboxylic acids is 4. The summed E-state index contributed by atoms with van der Waals surface area (Å²) >= 11 is 0. The molecule has 3 fully saturated rings. The zero-order valence-corrected chi connectivity index (χ0v) is 42.5. The second-order valence-electron chi connectivity index (χ2n) is 19.8. The summed E-state index contributed by atoms with van der Waals surface area (Å²) in [5, 5.41) is 25.5. The molecule has 7 aromatic rings. The number of phenols is 1. The number of phenolic OH excluding ortho intramolecular Hbond substituents is 1. The van der Waals surface area contributed by atoms with Crippen molar-refractivity contribution in [1.29, 1.82) is 0 Å². The lowest BCUT2D eigenvalue weighted by Gasteiger charge is -2.46.